The number of rotatable bonds is 3. The lowest BCUT2D eigenvalue weighted by Gasteiger charge is -2.30. The van der Waals surface area contributed by atoms with Crippen molar-refractivity contribution in [3.63, 3.8) is 0 Å². The summed E-state index contributed by atoms with van der Waals surface area (Å²) in [4.78, 5) is 13.0. The fourth-order valence-corrected chi connectivity index (χ4v) is 1.89. The Kier molecular flexibility index (Phi) is 3.54. The number of piperazine rings is 1. The molecule has 1 aromatic carbocycles. The Morgan fingerprint density at radius 3 is 2.88 bits per heavy atom. The predicted molar refractivity (Wildman–Crippen MR) is 60.1 cm³/mol. The van der Waals surface area contributed by atoms with Crippen molar-refractivity contribution < 1.29 is 9.90 Å². The Balaban J connectivity index is 1.93. The van der Waals surface area contributed by atoms with E-state index in [1.54, 1.807) is 0 Å². The number of benzene rings is 1. The largest absolute Gasteiger partial charge is 0.480 e. The monoisotopic (exact) mass is 219 g/mol. The minimum Gasteiger partial charge on any atom is -0.480 e. The van der Waals surface area contributed by atoms with E-state index < -0.39 is 12.0 Å². The molecule has 1 fully saturated rings. The molecule has 0 aliphatic carbocycles. The molecule has 1 atom stereocenters. The molecule has 1 heterocycles. The maximum atomic E-state index is 10.8. The van der Waals surface area contributed by atoms with E-state index >= 15 is 0 Å². The average Bonchev–Trinajstić information content (AvgIpc) is 2.30. The van der Waals surface area contributed by atoms with Gasteiger partial charge in [0.15, 0.2) is 0 Å². The lowest BCUT2D eigenvalue weighted by Crippen LogP contribution is -2.50. The van der Waals surface area contributed by atoms with E-state index in [0.717, 1.165) is 13.1 Å². The van der Waals surface area contributed by atoms with Crippen LogP contribution in [0.5, 0.6) is 0 Å². The van der Waals surface area contributed by atoms with Crippen molar-refractivity contribution in [3.05, 3.63) is 35.9 Å². The quantitative estimate of drug-likeness (QED) is 0.808. The number of hydrogen-bond donors (Lipinski definition) is 1. The van der Waals surface area contributed by atoms with Gasteiger partial charge in [0.1, 0.15) is 6.04 Å². The minimum absolute atomic E-state index is 0.518. The Labute approximate surface area is 94.9 Å². The Bertz CT molecular complexity index is 353. The molecule has 1 radical (unpaired) electrons. The van der Waals surface area contributed by atoms with Crippen molar-refractivity contribution in [1.29, 1.82) is 0 Å². The van der Waals surface area contributed by atoms with E-state index in [9.17, 15) is 4.79 Å². The summed E-state index contributed by atoms with van der Waals surface area (Å²) in [6.07, 6.45) is 0. The van der Waals surface area contributed by atoms with Gasteiger partial charge in [-0.15, -0.1) is 0 Å². The molecule has 16 heavy (non-hydrogen) atoms. The highest BCUT2D eigenvalue weighted by molar-refractivity contribution is 5.73. The van der Waals surface area contributed by atoms with E-state index in [-0.39, 0.29) is 0 Å². The van der Waals surface area contributed by atoms with Gasteiger partial charge in [0, 0.05) is 26.2 Å². The molecule has 0 aromatic heterocycles. The first-order valence-corrected chi connectivity index (χ1v) is 5.41. The topological polar surface area (TPSA) is 54.6 Å². The van der Waals surface area contributed by atoms with Crippen LogP contribution in [-0.4, -0.2) is 41.7 Å². The molecule has 1 N–H and O–H groups in total. The van der Waals surface area contributed by atoms with E-state index in [1.807, 2.05) is 18.2 Å². The lowest BCUT2D eigenvalue weighted by atomic mass is 10.1. The summed E-state index contributed by atoms with van der Waals surface area (Å²) in [6.45, 7) is 2.78. The smallest absolute Gasteiger partial charge is 0.323 e. The zero-order valence-corrected chi connectivity index (χ0v) is 9.04. The van der Waals surface area contributed by atoms with Crippen LogP contribution in [0, 0.1) is 0 Å². The summed E-state index contributed by atoms with van der Waals surface area (Å²) in [5.74, 6) is -0.822. The number of carboxylic acids is 1. The lowest BCUT2D eigenvalue weighted by molar-refractivity contribution is -0.140. The van der Waals surface area contributed by atoms with Crippen molar-refractivity contribution >= 4 is 5.97 Å². The van der Waals surface area contributed by atoms with Crippen molar-refractivity contribution in [2.24, 2.45) is 0 Å². The molecular weight excluding hydrogens is 204 g/mol. The van der Waals surface area contributed by atoms with Gasteiger partial charge in [-0.1, -0.05) is 30.3 Å². The zero-order valence-electron chi connectivity index (χ0n) is 9.04. The second-order valence-corrected chi connectivity index (χ2v) is 3.98. The van der Waals surface area contributed by atoms with Gasteiger partial charge in [0.25, 0.3) is 0 Å². The molecule has 1 saturated heterocycles. The zero-order chi connectivity index (χ0) is 11.4. The molecule has 1 aromatic rings. The molecule has 2 rings (SSSR count). The third-order valence-corrected chi connectivity index (χ3v) is 2.73. The van der Waals surface area contributed by atoms with E-state index in [0.29, 0.717) is 13.1 Å². The molecule has 4 heteroatoms. The third-order valence-electron chi connectivity index (χ3n) is 2.73. The fourth-order valence-electron chi connectivity index (χ4n) is 1.89. The van der Waals surface area contributed by atoms with Crippen LogP contribution in [-0.2, 0) is 11.3 Å². The molecule has 0 amide bonds. The van der Waals surface area contributed by atoms with Crippen LogP contribution in [0.3, 0.4) is 0 Å². The normalized spacial score (nSPS) is 21.9. The molecule has 1 aliphatic heterocycles. The van der Waals surface area contributed by atoms with Crippen molar-refractivity contribution in [2.75, 3.05) is 19.6 Å². The third kappa shape index (κ3) is 2.81. The predicted octanol–water partition coefficient (Wildman–Crippen LogP) is 0.560. The number of hydrogen-bond acceptors (Lipinski definition) is 2. The first-order chi connectivity index (χ1) is 7.75. The van der Waals surface area contributed by atoms with Gasteiger partial charge in [-0.2, -0.15) is 0 Å². The van der Waals surface area contributed by atoms with E-state index in [1.165, 1.54) is 5.56 Å². The SMILES string of the molecule is O=C(O)C1CN(Cc2ccccc2)CC[N]1. The van der Waals surface area contributed by atoms with Crippen LogP contribution in [0.2, 0.25) is 0 Å². The van der Waals surface area contributed by atoms with Crippen LogP contribution >= 0.6 is 0 Å². The van der Waals surface area contributed by atoms with Crippen molar-refractivity contribution in [1.82, 2.24) is 10.2 Å². The minimum atomic E-state index is -0.822. The van der Waals surface area contributed by atoms with Crippen LogP contribution in [0.25, 0.3) is 0 Å². The molecule has 1 unspecified atom stereocenters. The van der Waals surface area contributed by atoms with E-state index in [2.05, 4.69) is 22.3 Å². The van der Waals surface area contributed by atoms with Gasteiger partial charge >= 0.3 is 5.97 Å². The molecular formula is C12H15N2O2. The average molecular weight is 219 g/mol. The number of aliphatic carboxylic acids is 1. The van der Waals surface area contributed by atoms with Crippen LogP contribution < -0.4 is 5.32 Å². The molecule has 1 aliphatic rings. The Morgan fingerprint density at radius 1 is 1.44 bits per heavy atom. The first kappa shape index (κ1) is 11.1. The second-order valence-electron chi connectivity index (χ2n) is 3.98. The summed E-state index contributed by atoms with van der Waals surface area (Å²) in [6, 6.07) is 9.53. The van der Waals surface area contributed by atoms with Gasteiger partial charge < -0.3 is 5.11 Å². The van der Waals surface area contributed by atoms with Gasteiger partial charge in [-0.05, 0) is 5.56 Å². The molecule has 0 bridgehead atoms. The summed E-state index contributed by atoms with van der Waals surface area (Å²) in [5, 5.41) is 13.0. The summed E-state index contributed by atoms with van der Waals surface area (Å²) in [7, 11) is 0. The van der Waals surface area contributed by atoms with Crippen molar-refractivity contribution in [3.8, 4) is 0 Å². The van der Waals surface area contributed by atoms with Crippen LogP contribution in [0.1, 0.15) is 5.56 Å². The van der Waals surface area contributed by atoms with Gasteiger partial charge in [0.05, 0.1) is 0 Å². The van der Waals surface area contributed by atoms with Crippen LogP contribution in [0.4, 0.5) is 0 Å². The fraction of sp³-hybridized carbons (Fsp3) is 0.417. The second kappa shape index (κ2) is 5.09. The van der Waals surface area contributed by atoms with Crippen LogP contribution in [0.15, 0.2) is 30.3 Å². The summed E-state index contributed by atoms with van der Waals surface area (Å²) >= 11 is 0. The van der Waals surface area contributed by atoms with Gasteiger partial charge in [-0.25, -0.2) is 5.32 Å². The maximum absolute atomic E-state index is 10.8. The highest BCUT2D eigenvalue weighted by Gasteiger charge is 2.25. The van der Waals surface area contributed by atoms with Gasteiger partial charge in [-0.3, -0.25) is 9.69 Å². The molecule has 85 valence electrons. The Morgan fingerprint density at radius 2 is 2.19 bits per heavy atom. The maximum Gasteiger partial charge on any atom is 0.323 e. The molecule has 0 saturated carbocycles. The first-order valence-electron chi connectivity index (χ1n) is 5.41. The highest BCUT2D eigenvalue weighted by Crippen LogP contribution is 2.08. The number of carbonyl (C=O) groups is 1. The Hall–Kier alpha value is -1.39. The van der Waals surface area contributed by atoms with E-state index in [4.69, 9.17) is 5.11 Å². The number of carboxylic acid groups (broad SMARTS) is 1. The van der Waals surface area contributed by atoms with Gasteiger partial charge in [0.2, 0.25) is 0 Å². The number of nitrogens with zero attached hydrogens (tertiary/aromatic N) is 2. The van der Waals surface area contributed by atoms with Crippen molar-refractivity contribution in [2.45, 2.75) is 12.6 Å². The summed E-state index contributed by atoms with van der Waals surface area (Å²) < 4.78 is 0. The molecule has 0 spiro atoms. The highest BCUT2D eigenvalue weighted by atomic mass is 16.4. The standard InChI is InChI=1S/C12H15N2O2/c15-12(16)11-9-14(7-6-13-11)8-10-4-2-1-3-5-10/h1-5,11H,6-9H2,(H,15,16). The molecule has 4 nitrogen and oxygen atoms in total. The summed E-state index contributed by atoms with van der Waals surface area (Å²) in [5.41, 5.74) is 1.22.